The van der Waals surface area contributed by atoms with Crippen molar-refractivity contribution in [3.63, 3.8) is 0 Å². The number of hydrogen-bond donors (Lipinski definition) is 0. The van der Waals surface area contributed by atoms with Crippen LogP contribution in [0.4, 0.5) is 0 Å². The minimum Gasteiger partial charge on any atom is -0.305 e. The van der Waals surface area contributed by atoms with E-state index in [2.05, 4.69) is 108 Å². The van der Waals surface area contributed by atoms with Gasteiger partial charge in [0.05, 0.1) is 0 Å². The van der Waals surface area contributed by atoms with Crippen LogP contribution in [-0.2, 0) is 20.1 Å². The van der Waals surface area contributed by atoms with Gasteiger partial charge in [0.1, 0.15) is 0 Å². The molecule has 0 aliphatic carbocycles. The second-order valence-electron chi connectivity index (χ2n) is 9.61. The first-order chi connectivity index (χ1) is 20.9. The number of fused-ring (bicyclic) bond motifs is 3. The molecule has 41 heavy (non-hydrogen) atoms. The molecule has 0 atom stereocenters. The number of rotatable bonds is 3. The first kappa shape index (κ1) is 24.4. The number of hydrogen-bond acceptors (Lipinski definition) is 2. The number of aryl methyl sites for hydroxylation is 2. The average Bonchev–Trinajstić information content (AvgIpc) is 3.05. The predicted molar refractivity (Wildman–Crippen MR) is 167 cm³/mol. The normalized spacial score (nSPS) is 11.9. The molecule has 7 aromatic rings. The van der Waals surface area contributed by atoms with E-state index in [9.17, 15) is 0 Å². The number of pyridine rings is 2. The molecule has 0 aliphatic rings. The van der Waals surface area contributed by atoms with Crippen LogP contribution in [-0.4, -0.2) is 9.97 Å². The molecular weight excluding hydrogens is 677 g/mol. The summed E-state index contributed by atoms with van der Waals surface area (Å²) in [6, 6.07) is 47.2. The van der Waals surface area contributed by atoms with E-state index in [0.29, 0.717) is 0 Å². The smallest absolute Gasteiger partial charge is 0.0280 e. The maximum Gasteiger partial charge on any atom is 0.0280 e. The molecule has 0 aliphatic heterocycles. The van der Waals surface area contributed by atoms with Crippen molar-refractivity contribution in [1.29, 1.82) is 0 Å². The average molecular weight is 708 g/mol. The molecule has 0 amide bonds. The third kappa shape index (κ3) is 6.33. The van der Waals surface area contributed by atoms with E-state index < -0.39 is 6.85 Å². The zero-order valence-corrected chi connectivity index (χ0v) is 24.8. The molecule has 0 fully saturated rings. The Hall–Kier alpha value is -4.43. The van der Waals surface area contributed by atoms with Crippen LogP contribution in [0.2, 0.25) is 0 Å². The van der Waals surface area contributed by atoms with Gasteiger partial charge in [0.25, 0.3) is 0 Å². The molecule has 3 heteroatoms. The van der Waals surface area contributed by atoms with E-state index in [1.54, 1.807) is 18.2 Å². The molecule has 0 saturated carbocycles. The van der Waals surface area contributed by atoms with E-state index in [1.807, 2.05) is 30.5 Å². The SMILES string of the molecule is Cc1ccnc(-c2[c-]cc(-c3cc4ccccc4c4ccccc34)cc2)c1.[2H]C([2H])([2H])c1ccc(-c2[c-]cccc2)nc1.[Ir]. The molecule has 7 rings (SSSR count). The van der Waals surface area contributed by atoms with Gasteiger partial charge in [0.2, 0.25) is 0 Å². The summed E-state index contributed by atoms with van der Waals surface area (Å²) < 4.78 is 21.7. The second kappa shape index (κ2) is 12.8. The summed E-state index contributed by atoms with van der Waals surface area (Å²) in [6.45, 7) is -0.00724. The molecule has 2 nitrogen and oxygen atoms in total. The van der Waals surface area contributed by atoms with Crippen molar-refractivity contribution < 1.29 is 24.2 Å². The fourth-order valence-electron chi connectivity index (χ4n) is 4.83. The Balaban J connectivity index is 0.000000194. The van der Waals surface area contributed by atoms with Crippen LogP contribution in [0, 0.1) is 25.9 Å². The number of benzene rings is 5. The molecule has 0 bridgehead atoms. The second-order valence-corrected chi connectivity index (χ2v) is 9.61. The van der Waals surface area contributed by atoms with Gasteiger partial charge in [-0.1, -0.05) is 89.5 Å². The van der Waals surface area contributed by atoms with E-state index in [4.69, 9.17) is 4.11 Å². The Kier molecular flexibility index (Phi) is 7.62. The predicted octanol–water partition coefficient (Wildman–Crippen LogP) is 9.69. The fourth-order valence-corrected chi connectivity index (χ4v) is 4.83. The number of aromatic nitrogens is 2. The monoisotopic (exact) mass is 708 g/mol. The topological polar surface area (TPSA) is 25.8 Å². The standard InChI is InChI=1S/C26H18N.C12H10N.Ir/c1-18-14-15-27-26(16-18)20-12-10-19(11-13-20)25-17-21-6-2-3-7-22(21)23-8-4-5-9-24(23)25;1-10-7-8-12(13-9-10)11-5-3-2-4-6-11;/h2-12,14-17H,1H3;2-5,7-9H,1H3;/q2*-1;/i;1D3;. The zero-order valence-electron chi connectivity index (χ0n) is 25.4. The molecule has 1 radical (unpaired) electrons. The van der Waals surface area contributed by atoms with E-state index in [1.165, 1.54) is 44.4 Å². The minimum absolute atomic E-state index is 0. The Morgan fingerprint density at radius 1 is 0.634 bits per heavy atom. The summed E-state index contributed by atoms with van der Waals surface area (Å²) in [5.41, 5.74) is 7.45. The van der Waals surface area contributed by atoms with Crippen molar-refractivity contribution in [3.05, 3.63) is 157 Å². The summed E-state index contributed by atoms with van der Waals surface area (Å²) in [5.74, 6) is 0. The Morgan fingerprint density at radius 3 is 2.12 bits per heavy atom. The Bertz CT molecular complexity index is 2000. The number of nitrogens with zero attached hydrogens (tertiary/aromatic N) is 2. The molecule has 201 valence electrons. The van der Waals surface area contributed by atoms with Crippen LogP contribution >= 0.6 is 0 Å². The fraction of sp³-hybridized carbons (Fsp3) is 0.0526. The van der Waals surface area contributed by atoms with Crippen molar-refractivity contribution >= 4 is 21.5 Å². The first-order valence-electron chi connectivity index (χ1n) is 14.7. The largest absolute Gasteiger partial charge is 0.305 e. The Labute approximate surface area is 259 Å². The zero-order chi connectivity index (χ0) is 29.8. The molecule has 0 unspecified atom stereocenters. The van der Waals surface area contributed by atoms with Gasteiger partial charge in [-0.2, -0.15) is 0 Å². The van der Waals surface area contributed by atoms with E-state index in [0.717, 1.165) is 22.5 Å². The molecule has 0 N–H and O–H groups in total. The van der Waals surface area contributed by atoms with Gasteiger partial charge in [-0.15, -0.1) is 65.7 Å². The van der Waals surface area contributed by atoms with E-state index in [-0.39, 0.29) is 25.7 Å². The van der Waals surface area contributed by atoms with Crippen LogP contribution in [0.3, 0.4) is 0 Å². The summed E-state index contributed by atoms with van der Waals surface area (Å²) >= 11 is 0. The quantitative estimate of drug-likeness (QED) is 0.135. The summed E-state index contributed by atoms with van der Waals surface area (Å²) in [4.78, 5) is 8.60. The van der Waals surface area contributed by atoms with Crippen molar-refractivity contribution in [3.8, 4) is 33.6 Å². The van der Waals surface area contributed by atoms with Gasteiger partial charge in [-0.3, -0.25) is 0 Å². The van der Waals surface area contributed by atoms with Gasteiger partial charge < -0.3 is 9.97 Å². The van der Waals surface area contributed by atoms with Crippen molar-refractivity contribution in [2.75, 3.05) is 0 Å². The van der Waals surface area contributed by atoms with Gasteiger partial charge in [-0.05, 0) is 58.3 Å². The van der Waals surface area contributed by atoms with E-state index >= 15 is 0 Å². The molecular formula is C38H28IrN2-2. The third-order valence-electron chi connectivity index (χ3n) is 6.83. The molecule has 0 saturated heterocycles. The molecule has 2 aromatic heterocycles. The van der Waals surface area contributed by atoms with Gasteiger partial charge >= 0.3 is 0 Å². The molecule has 0 spiro atoms. The van der Waals surface area contributed by atoms with Crippen LogP contribution in [0.5, 0.6) is 0 Å². The van der Waals surface area contributed by atoms with Gasteiger partial charge in [0, 0.05) is 36.6 Å². The van der Waals surface area contributed by atoms with Gasteiger partial charge in [0.15, 0.2) is 0 Å². The maximum absolute atomic E-state index is 7.23. The van der Waals surface area contributed by atoms with Gasteiger partial charge in [-0.25, -0.2) is 0 Å². The van der Waals surface area contributed by atoms with Crippen LogP contribution < -0.4 is 0 Å². The minimum atomic E-state index is -2.09. The summed E-state index contributed by atoms with van der Waals surface area (Å²) in [7, 11) is 0. The molecule has 2 heterocycles. The molecule has 5 aromatic carbocycles. The Morgan fingerprint density at radius 2 is 1.41 bits per heavy atom. The maximum atomic E-state index is 7.23. The van der Waals surface area contributed by atoms with Crippen LogP contribution in [0.15, 0.2) is 134 Å². The van der Waals surface area contributed by atoms with Crippen LogP contribution in [0.1, 0.15) is 15.2 Å². The van der Waals surface area contributed by atoms with Crippen LogP contribution in [0.25, 0.3) is 55.2 Å². The first-order valence-corrected chi connectivity index (χ1v) is 13.2. The van der Waals surface area contributed by atoms with Crippen molar-refractivity contribution in [2.45, 2.75) is 13.8 Å². The summed E-state index contributed by atoms with van der Waals surface area (Å²) in [6.07, 6.45) is 3.24. The van der Waals surface area contributed by atoms with Crippen molar-refractivity contribution in [1.82, 2.24) is 9.97 Å². The third-order valence-corrected chi connectivity index (χ3v) is 6.83. The van der Waals surface area contributed by atoms with Crippen molar-refractivity contribution in [2.24, 2.45) is 0 Å². The summed E-state index contributed by atoms with van der Waals surface area (Å²) in [5, 5.41) is 5.11.